The van der Waals surface area contributed by atoms with Crippen molar-refractivity contribution >= 4 is 23.1 Å². The average Bonchev–Trinajstić information content (AvgIpc) is 3.47. The summed E-state index contributed by atoms with van der Waals surface area (Å²) in [4.78, 5) is 20.8. The summed E-state index contributed by atoms with van der Waals surface area (Å²) < 4.78 is 26.1. The summed E-state index contributed by atoms with van der Waals surface area (Å²) >= 11 is 0. The number of nitriles is 1. The first-order chi connectivity index (χ1) is 18.2. The van der Waals surface area contributed by atoms with Crippen molar-refractivity contribution in [2.75, 3.05) is 38.4 Å². The lowest BCUT2D eigenvalue weighted by molar-refractivity contribution is -0.105. The van der Waals surface area contributed by atoms with Crippen LogP contribution in [0.1, 0.15) is 36.6 Å². The molecular formula is C27H27N5O5. The molecular weight excluding hydrogens is 474 g/mol. The van der Waals surface area contributed by atoms with Gasteiger partial charge in [0.2, 0.25) is 6.41 Å². The summed E-state index contributed by atoms with van der Waals surface area (Å²) in [6, 6.07) is 6.49. The molecule has 0 radical (unpaired) electrons. The van der Waals surface area contributed by atoms with Crippen LogP contribution in [0.4, 0.5) is 5.82 Å². The van der Waals surface area contributed by atoms with E-state index in [2.05, 4.69) is 27.1 Å². The number of rotatable bonds is 6. The fourth-order valence-corrected chi connectivity index (χ4v) is 5.85. The summed E-state index contributed by atoms with van der Waals surface area (Å²) in [6.45, 7) is 2.85. The van der Waals surface area contributed by atoms with Crippen molar-refractivity contribution in [1.29, 1.82) is 5.26 Å². The van der Waals surface area contributed by atoms with Crippen molar-refractivity contribution in [3.8, 4) is 23.1 Å². The van der Waals surface area contributed by atoms with E-state index >= 15 is 0 Å². The first kappa shape index (κ1) is 22.7. The molecule has 1 saturated carbocycles. The van der Waals surface area contributed by atoms with E-state index in [1.54, 1.807) is 6.20 Å². The highest BCUT2D eigenvalue weighted by atomic mass is 16.6. The minimum Gasteiger partial charge on any atom is -0.485 e. The number of fused-ring (bicyclic) bond motifs is 3. The van der Waals surface area contributed by atoms with Crippen molar-refractivity contribution in [1.82, 2.24) is 14.5 Å². The van der Waals surface area contributed by atoms with Gasteiger partial charge in [-0.15, -0.1) is 0 Å². The van der Waals surface area contributed by atoms with Crippen LogP contribution in [-0.2, 0) is 31.0 Å². The van der Waals surface area contributed by atoms with E-state index in [1.165, 1.54) is 0 Å². The van der Waals surface area contributed by atoms with E-state index in [1.807, 2.05) is 12.1 Å². The summed E-state index contributed by atoms with van der Waals surface area (Å²) in [5.74, 6) is 1.35. The van der Waals surface area contributed by atoms with Gasteiger partial charge in [-0.3, -0.25) is 4.79 Å². The highest BCUT2D eigenvalue weighted by Crippen LogP contribution is 2.46. The second-order valence-electron chi connectivity index (χ2n) is 10.3. The third kappa shape index (κ3) is 3.69. The third-order valence-corrected chi connectivity index (χ3v) is 8.02. The molecule has 3 aromatic heterocycles. The molecule has 1 atom stereocenters. The van der Waals surface area contributed by atoms with Crippen LogP contribution in [0.5, 0.6) is 5.75 Å². The monoisotopic (exact) mass is 501 g/mol. The molecule has 6 heterocycles. The molecule has 1 amide bonds. The number of nitrogens with one attached hydrogen (secondary N) is 1. The van der Waals surface area contributed by atoms with E-state index in [0.717, 1.165) is 64.9 Å². The number of anilines is 1. The van der Waals surface area contributed by atoms with Crippen molar-refractivity contribution in [2.45, 2.75) is 43.4 Å². The number of ether oxygens (including phenoxy) is 4. The van der Waals surface area contributed by atoms with E-state index in [9.17, 15) is 10.1 Å². The molecule has 3 aromatic rings. The summed E-state index contributed by atoms with van der Waals surface area (Å²) in [5, 5.41) is 12.9. The molecule has 1 N–H and O–H groups in total. The molecule has 4 aliphatic rings. The predicted octanol–water partition coefficient (Wildman–Crippen LogP) is 3.11. The molecule has 3 fully saturated rings. The number of amides is 1. The molecule has 0 aromatic carbocycles. The van der Waals surface area contributed by atoms with Crippen LogP contribution >= 0.6 is 0 Å². The van der Waals surface area contributed by atoms with Crippen molar-refractivity contribution in [2.24, 2.45) is 5.92 Å². The number of hydrogen-bond acceptors (Lipinski definition) is 8. The van der Waals surface area contributed by atoms with Gasteiger partial charge >= 0.3 is 0 Å². The predicted molar refractivity (Wildman–Crippen MR) is 132 cm³/mol. The molecule has 37 heavy (non-hydrogen) atoms. The SMILES string of the molecule is N#CC1CC(n2cc(-c3cc(OC4COC4)c4c(n3)C3(CCOC3)OCC4)c3cc(NC=O)ncc32)C1. The Morgan fingerprint density at radius 2 is 2.14 bits per heavy atom. The Hall–Kier alpha value is -3.52. The van der Waals surface area contributed by atoms with Crippen LogP contribution in [0, 0.1) is 17.2 Å². The van der Waals surface area contributed by atoms with Crippen molar-refractivity contribution < 1.29 is 23.7 Å². The summed E-state index contributed by atoms with van der Waals surface area (Å²) in [5.41, 5.74) is 4.03. The van der Waals surface area contributed by atoms with Gasteiger partial charge in [-0.25, -0.2) is 9.97 Å². The number of hydrogen-bond donors (Lipinski definition) is 1. The fraction of sp³-hybridized carbons (Fsp3) is 0.481. The first-order valence-electron chi connectivity index (χ1n) is 12.8. The highest BCUT2D eigenvalue weighted by Gasteiger charge is 2.45. The molecule has 1 unspecified atom stereocenters. The van der Waals surface area contributed by atoms with Gasteiger partial charge in [0.05, 0.1) is 61.5 Å². The maximum Gasteiger partial charge on any atom is 0.212 e. The lowest BCUT2D eigenvalue weighted by Gasteiger charge is -2.36. The second kappa shape index (κ2) is 8.80. The van der Waals surface area contributed by atoms with Crippen molar-refractivity contribution in [3.63, 3.8) is 0 Å². The fourth-order valence-electron chi connectivity index (χ4n) is 5.85. The van der Waals surface area contributed by atoms with Crippen LogP contribution in [0.25, 0.3) is 22.2 Å². The summed E-state index contributed by atoms with van der Waals surface area (Å²) in [6.07, 6.45) is 7.60. The summed E-state index contributed by atoms with van der Waals surface area (Å²) in [7, 11) is 0. The number of nitrogens with zero attached hydrogens (tertiary/aromatic N) is 4. The van der Waals surface area contributed by atoms with Crippen LogP contribution in [0.15, 0.2) is 24.5 Å². The van der Waals surface area contributed by atoms with Crippen LogP contribution in [0.3, 0.4) is 0 Å². The van der Waals surface area contributed by atoms with Gasteiger partial charge in [0, 0.05) is 54.3 Å². The van der Waals surface area contributed by atoms with Crippen LogP contribution in [0.2, 0.25) is 0 Å². The quantitative estimate of drug-likeness (QED) is 0.512. The van der Waals surface area contributed by atoms with Crippen LogP contribution in [-0.4, -0.2) is 60.1 Å². The highest BCUT2D eigenvalue weighted by molar-refractivity contribution is 5.97. The van der Waals surface area contributed by atoms with Gasteiger partial charge in [0.1, 0.15) is 23.3 Å². The molecule has 10 heteroatoms. The van der Waals surface area contributed by atoms with Gasteiger partial charge in [0.15, 0.2) is 0 Å². The Balaban J connectivity index is 1.40. The maximum absolute atomic E-state index is 11.1. The maximum atomic E-state index is 11.1. The Morgan fingerprint density at radius 3 is 2.86 bits per heavy atom. The lowest BCUT2D eigenvalue weighted by Crippen LogP contribution is -2.40. The molecule has 1 spiro atoms. The topological polar surface area (TPSA) is 121 Å². The second-order valence-corrected chi connectivity index (χ2v) is 10.3. The van der Waals surface area contributed by atoms with Gasteiger partial charge in [-0.2, -0.15) is 5.26 Å². The standard InChI is InChI=1S/C27H27N5O5/c28-9-16-5-17(6-16)32-11-21(20-7-25(30-15-33)29-10-23(20)32)22-8-24(37-18-12-35-13-18)19-1-3-36-27(26(19)31-22)2-4-34-14-27/h7-8,10-11,15-18H,1-6,12-14H2,(H,29,30,33). The first-order valence-corrected chi connectivity index (χ1v) is 12.8. The van der Waals surface area contributed by atoms with Crippen LogP contribution < -0.4 is 10.1 Å². The Kier molecular flexibility index (Phi) is 5.39. The number of carbonyl (C=O) groups excluding carboxylic acids is 1. The molecule has 2 saturated heterocycles. The lowest BCUT2D eigenvalue weighted by atomic mass is 9.81. The minimum atomic E-state index is -0.573. The zero-order valence-corrected chi connectivity index (χ0v) is 20.3. The van der Waals surface area contributed by atoms with E-state index < -0.39 is 5.60 Å². The van der Waals surface area contributed by atoms with E-state index in [0.29, 0.717) is 45.3 Å². The molecule has 3 aliphatic heterocycles. The van der Waals surface area contributed by atoms with E-state index in [-0.39, 0.29) is 18.1 Å². The number of carbonyl (C=O) groups is 1. The molecule has 190 valence electrons. The van der Waals surface area contributed by atoms with Crippen molar-refractivity contribution in [3.05, 3.63) is 35.8 Å². The van der Waals surface area contributed by atoms with Gasteiger partial charge in [0.25, 0.3) is 0 Å². The molecule has 0 bridgehead atoms. The Bertz CT molecular complexity index is 1410. The third-order valence-electron chi connectivity index (χ3n) is 8.02. The minimum absolute atomic E-state index is 0.0183. The number of aromatic nitrogens is 3. The Morgan fingerprint density at radius 1 is 1.24 bits per heavy atom. The van der Waals surface area contributed by atoms with Gasteiger partial charge in [-0.1, -0.05) is 0 Å². The zero-order valence-electron chi connectivity index (χ0n) is 20.3. The molecule has 7 rings (SSSR count). The van der Waals surface area contributed by atoms with E-state index in [4.69, 9.17) is 23.9 Å². The molecule has 1 aliphatic carbocycles. The average molecular weight is 502 g/mol. The Labute approximate surface area is 213 Å². The molecule has 10 nitrogen and oxygen atoms in total. The van der Waals surface area contributed by atoms with Gasteiger partial charge in [-0.05, 0) is 18.9 Å². The smallest absolute Gasteiger partial charge is 0.212 e. The zero-order chi connectivity index (χ0) is 25.0. The normalized spacial score (nSPS) is 26.8. The largest absolute Gasteiger partial charge is 0.485 e. The van der Waals surface area contributed by atoms with Gasteiger partial charge < -0.3 is 28.8 Å². The number of pyridine rings is 2.